The molecule has 1 aliphatic carbocycles. The highest BCUT2D eigenvalue weighted by Gasteiger charge is 2.22. The van der Waals surface area contributed by atoms with E-state index >= 15 is 0 Å². The molecule has 2 atom stereocenters. The lowest BCUT2D eigenvalue weighted by atomic mass is 9.86. The summed E-state index contributed by atoms with van der Waals surface area (Å²) in [6, 6.07) is 4.84. The molecule has 2 N–H and O–H groups in total. The maximum Gasteiger partial charge on any atom is 0.387 e. The molecule has 0 radical (unpaired) electrons. The van der Waals surface area contributed by atoms with E-state index in [1.54, 1.807) is 12.1 Å². The van der Waals surface area contributed by atoms with E-state index in [1.807, 2.05) is 0 Å². The number of hydrogen-bond donors (Lipinski definition) is 2. The summed E-state index contributed by atoms with van der Waals surface area (Å²) >= 11 is 0. The lowest BCUT2D eigenvalue weighted by Crippen LogP contribution is -2.46. The monoisotopic (exact) mass is 356 g/mol. The van der Waals surface area contributed by atoms with Crippen LogP contribution in [-0.4, -0.2) is 32.3 Å². The molecule has 1 aromatic rings. The van der Waals surface area contributed by atoms with Gasteiger partial charge in [0.2, 0.25) is 0 Å². The molecule has 0 aliphatic heterocycles. The Labute approximate surface area is 147 Å². The number of alkyl halides is 2. The Kier molecular flexibility index (Phi) is 7.28. The molecule has 0 heterocycles. The van der Waals surface area contributed by atoms with Crippen LogP contribution < -0.4 is 20.1 Å². The minimum absolute atomic E-state index is 0.00163. The minimum atomic E-state index is -2.90. The van der Waals surface area contributed by atoms with E-state index in [0.717, 1.165) is 24.8 Å². The van der Waals surface area contributed by atoms with E-state index in [4.69, 9.17) is 4.74 Å². The summed E-state index contributed by atoms with van der Waals surface area (Å²) in [5.41, 5.74) is 0.866. The summed E-state index contributed by atoms with van der Waals surface area (Å²) in [5.74, 6) is 0.752. The van der Waals surface area contributed by atoms with Crippen LogP contribution in [0.1, 0.15) is 38.2 Å². The molecule has 1 saturated carbocycles. The molecule has 140 valence electrons. The molecule has 1 aliphatic rings. The van der Waals surface area contributed by atoms with Gasteiger partial charge in [0.1, 0.15) is 0 Å². The first-order valence-corrected chi connectivity index (χ1v) is 8.65. The second-order valence-electron chi connectivity index (χ2n) is 6.38. The molecule has 0 unspecified atom stereocenters. The number of hydrogen-bond acceptors (Lipinski definition) is 3. The first kappa shape index (κ1) is 19.3. The van der Waals surface area contributed by atoms with E-state index in [0.29, 0.717) is 18.9 Å². The molecule has 0 spiro atoms. The molecule has 7 heteroatoms. The molecule has 0 aromatic heterocycles. The summed E-state index contributed by atoms with van der Waals surface area (Å²) in [5, 5.41) is 5.87. The number of carbonyl (C=O) groups is 1. The van der Waals surface area contributed by atoms with Crippen LogP contribution in [0.4, 0.5) is 13.6 Å². The third-order valence-electron chi connectivity index (χ3n) is 4.57. The van der Waals surface area contributed by atoms with Gasteiger partial charge in [0.25, 0.3) is 0 Å². The molecule has 0 bridgehead atoms. The minimum Gasteiger partial charge on any atom is -0.493 e. The fraction of sp³-hybridized carbons (Fsp3) is 0.611. The van der Waals surface area contributed by atoms with Gasteiger partial charge in [0, 0.05) is 12.6 Å². The van der Waals surface area contributed by atoms with E-state index in [-0.39, 0.29) is 23.6 Å². The Bertz CT molecular complexity index is 569. The number of amides is 2. The molecule has 5 nitrogen and oxygen atoms in total. The average Bonchev–Trinajstić information content (AvgIpc) is 2.57. The highest BCUT2D eigenvalue weighted by atomic mass is 19.3. The first-order chi connectivity index (χ1) is 12.0. The lowest BCUT2D eigenvalue weighted by molar-refractivity contribution is -0.0512. The van der Waals surface area contributed by atoms with Crippen molar-refractivity contribution in [3.05, 3.63) is 23.8 Å². The number of carbonyl (C=O) groups excluding carboxylic acids is 1. The van der Waals surface area contributed by atoms with Gasteiger partial charge in [0.05, 0.1) is 7.11 Å². The Balaban J connectivity index is 1.79. The van der Waals surface area contributed by atoms with Crippen molar-refractivity contribution in [2.24, 2.45) is 5.92 Å². The second-order valence-corrected chi connectivity index (χ2v) is 6.38. The molecule has 1 aromatic carbocycles. The van der Waals surface area contributed by atoms with Gasteiger partial charge in [-0.3, -0.25) is 0 Å². The van der Waals surface area contributed by atoms with Crippen LogP contribution in [0.3, 0.4) is 0 Å². The first-order valence-electron chi connectivity index (χ1n) is 8.65. The van der Waals surface area contributed by atoms with E-state index < -0.39 is 6.61 Å². The SMILES string of the molecule is COc1cc(CCNC(=O)N[C@H]2CCCC[C@H]2C)ccc1OC(F)F. The number of methoxy groups -OCH3 is 1. The van der Waals surface area contributed by atoms with Crippen LogP contribution in [0.25, 0.3) is 0 Å². The van der Waals surface area contributed by atoms with Crippen molar-refractivity contribution in [3.63, 3.8) is 0 Å². The topological polar surface area (TPSA) is 59.6 Å². The number of rotatable bonds is 7. The van der Waals surface area contributed by atoms with Crippen LogP contribution in [-0.2, 0) is 6.42 Å². The summed E-state index contributed by atoms with van der Waals surface area (Å²) in [7, 11) is 1.40. The second kappa shape index (κ2) is 9.44. The molecule has 0 saturated heterocycles. The maximum absolute atomic E-state index is 12.3. The van der Waals surface area contributed by atoms with Gasteiger partial charge in [-0.2, -0.15) is 8.78 Å². The fourth-order valence-electron chi connectivity index (χ4n) is 3.13. The Morgan fingerprint density at radius 2 is 2.04 bits per heavy atom. The van der Waals surface area contributed by atoms with Gasteiger partial charge in [-0.15, -0.1) is 0 Å². The van der Waals surface area contributed by atoms with Gasteiger partial charge in [0.15, 0.2) is 11.5 Å². The summed E-state index contributed by atoms with van der Waals surface area (Å²) < 4.78 is 34.1. The van der Waals surface area contributed by atoms with Gasteiger partial charge in [-0.1, -0.05) is 25.8 Å². The van der Waals surface area contributed by atoms with Crippen molar-refractivity contribution in [3.8, 4) is 11.5 Å². The number of halogens is 2. The van der Waals surface area contributed by atoms with Crippen LogP contribution in [0, 0.1) is 5.92 Å². The zero-order chi connectivity index (χ0) is 18.2. The average molecular weight is 356 g/mol. The van der Waals surface area contributed by atoms with Gasteiger partial charge in [-0.25, -0.2) is 4.79 Å². The quantitative estimate of drug-likeness (QED) is 0.783. The van der Waals surface area contributed by atoms with E-state index in [1.165, 1.54) is 19.6 Å². The van der Waals surface area contributed by atoms with Gasteiger partial charge in [-0.05, 0) is 42.9 Å². The molecular formula is C18H26F2N2O3. The van der Waals surface area contributed by atoms with Crippen LogP contribution in [0.15, 0.2) is 18.2 Å². The number of ether oxygens (including phenoxy) is 2. The predicted molar refractivity (Wildman–Crippen MR) is 91.3 cm³/mol. The summed E-state index contributed by atoms with van der Waals surface area (Å²) in [4.78, 5) is 12.0. The van der Waals surface area contributed by atoms with Crippen molar-refractivity contribution in [1.29, 1.82) is 0 Å². The van der Waals surface area contributed by atoms with E-state index in [9.17, 15) is 13.6 Å². The van der Waals surface area contributed by atoms with Crippen molar-refractivity contribution in [1.82, 2.24) is 10.6 Å². The summed E-state index contributed by atoms with van der Waals surface area (Å²) in [6.45, 7) is -0.280. The molecule has 2 amide bonds. The normalized spacial score (nSPS) is 20.2. The van der Waals surface area contributed by atoms with Crippen LogP contribution >= 0.6 is 0 Å². The maximum atomic E-state index is 12.3. The van der Waals surface area contributed by atoms with Crippen molar-refractivity contribution in [2.75, 3.05) is 13.7 Å². The third kappa shape index (κ3) is 6.07. The van der Waals surface area contributed by atoms with Crippen molar-refractivity contribution >= 4 is 6.03 Å². The van der Waals surface area contributed by atoms with Gasteiger partial charge >= 0.3 is 12.6 Å². The number of nitrogens with one attached hydrogen (secondary N) is 2. The van der Waals surface area contributed by atoms with Crippen molar-refractivity contribution < 1.29 is 23.0 Å². The fourth-order valence-corrected chi connectivity index (χ4v) is 3.13. The largest absolute Gasteiger partial charge is 0.493 e. The predicted octanol–water partition coefficient (Wildman–Crippen LogP) is 3.72. The molecule has 2 rings (SSSR count). The third-order valence-corrected chi connectivity index (χ3v) is 4.57. The Morgan fingerprint density at radius 1 is 1.28 bits per heavy atom. The van der Waals surface area contributed by atoms with Crippen LogP contribution in [0.5, 0.6) is 11.5 Å². The Hall–Kier alpha value is -2.05. The molecule has 1 fully saturated rings. The van der Waals surface area contributed by atoms with Crippen LogP contribution in [0.2, 0.25) is 0 Å². The van der Waals surface area contributed by atoms with Crippen molar-refractivity contribution in [2.45, 2.75) is 51.7 Å². The molecule has 25 heavy (non-hydrogen) atoms. The Morgan fingerprint density at radius 3 is 2.72 bits per heavy atom. The number of benzene rings is 1. The van der Waals surface area contributed by atoms with Gasteiger partial charge < -0.3 is 20.1 Å². The standard InChI is InChI=1S/C18H26F2N2O3/c1-12-5-3-4-6-14(12)22-18(23)21-10-9-13-7-8-15(25-17(19)20)16(11-13)24-2/h7-8,11-12,14,17H,3-6,9-10H2,1-2H3,(H2,21,22,23)/t12-,14+/m1/s1. The zero-order valence-corrected chi connectivity index (χ0v) is 14.7. The van der Waals surface area contributed by atoms with E-state index in [2.05, 4.69) is 22.3 Å². The number of urea groups is 1. The lowest BCUT2D eigenvalue weighted by Gasteiger charge is -2.29. The highest BCUT2D eigenvalue weighted by molar-refractivity contribution is 5.74. The zero-order valence-electron chi connectivity index (χ0n) is 14.7. The summed E-state index contributed by atoms with van der Waals surface area (Å²) in [6.07, 6.45) is 5.13. The smallest absolute Gasteiger partial charge is 0.387 e. The highest BCUT2D eigenvalue weighted by Crippen LogP contribution is 2.29. The molecular weight excluding hydrogens is 330 g/mol.